The predicted molar refractivity (Wildman–Crippen MR) is 115 cm³/mol. The first-order valence-corrected chi connectivity index (χ1v) is 10.5. The Bertz CT molecular complexity index is 848. The van der Waals surface area contributed by atoms with Gasteiger partial charge in [0.1, 0.15) is 12.1 Å². The van der Waals surface area contributed by atoms with Crippen LogP contribution in [0.1, 0.15) is 18.4 Å². The minimum Gasteiger partial charge on any atom is -0.497 e. The fraction of sp³-hybridized carbons (Fsp3) is 0.500. The van der Waals surface area contributed by atoms with Crippen molar-refractivity contribution in [2.24, 2.45) is 5.92 Å². The number of ether oxygens (including phenoxy) is 2. The number of nitrogens with one attached hydrogen (secondary N) is 1. The molecule has 0 unspecified atom stereocenters. The number of rotatable bonds is 6. The number of anilines is 2. The van der Waals surface area contributed by atoms with Gasteiger partial charge >= 0.3 is 0 Å². The van der Waals surface area contributed by atoms with Crippen LogP contribution in [-0.4, -0.2) is 62.4 Å². The van der Waals surface area contributed by atoms with Crippen LogP contribution in [-0.2, 0) is 16.1 Å². The Kier molecular flexibility index (Phi) is 6.63. The van der Waals surface area contributed by atoms with E-state index in [0.29, 0.717) is 6.54 Å². The third kappa shape index (κ3) is 4.81. The van der Waals surface area contributed by atoms with Gasteiger partial charge < -0.3 is 24.6 Å². The molecule has 0 saturated carbocycles. The first-order valence-electron chi connectivity index (χ1n) is 10.5. The van der Waals surface area contributed by atoms with Crippen molar-refractivity contribution >= 4 is 17.4 Å². The molecule has 30 heavy (non-hydrogen) atoms. The molecule has 2 aromatic rings. The van der Waals surface area contributed by atoms with Crippen molar-refractivity contribution in [2.75, 3.05) is 56.3 Å². The summed E-state index contributed by atoms with van der Waals surface area (Å²) in [6.07, 6.45) is 5.14. The molecule has 0 atom stereocenters. The molecule has 0 bridgehead atoms. The van der Waals surface area contributed by atoms with Crippen LogP contribution in [0.5, 0.6) is 5.75 Å². The number of aromatic nitrogens is 2. The molecule has 1 aromatic heterocycles. The van der Waals surface area contributed by atoms with Crippen molar-refractivity contribution in [3.05, 3.63) is 42.4 Å². The molecular weight excluding hydrogens is 382 g/mol. The molecule has 4 rings (SSSR count). The van der Waals surface area contributed by atoms with Crippen molar-refractivity contribution in [3.63, 3.8) is 0 Å². The Balaban J connectivity index is 1.32. The number of carbonyl (C=O) groups is 1. The molecule has 2 fully saturated rings. The quantitative estimate of drug-likeness (QED) is 0.777. The Morgan fingerprint density at radius 2 is 2.00 bits per heavy atom. The highest BCUT2D eigenvalue weighted by atomic mass is 16.5. The fourth-order valence-corrected chi connectivity index (χ4v) is 4.06. The van der Waals surface area contributed by atoms with Gasteiger partial charge in [-0.25, -0.2) is 9.97 Å². The van der Waals surface area contributed by atoms with Crippen LogP contribution < -0.4 is 19.9 Å². The molecule has 2 aliphatic rings. The van der Waals surface area contributed by atoms with E-state index in [1.165, 1.54) is 0 Å². The second-order valence-electron chi connectivity index (χ2n) is 7.66. The number of morpholine rings is 1. The Morgan fingerprint density at radius 1 is 1.20 bits per heavy atom. The summed E-state index contributed by atoms with van der Waals surface area (Å²) < 4.78 is 10.7. The number of amides is 1. The van der Waals surface area contributed by atoms with Gasteiger partial charge in [0.25, 0.3) is 0 Å². The molecule has 8 heteroatoms. The van der Waals surface area contributed by atoms with Crippen molar-refractivity contribution in [2.45, 2.75) is 19.4 Å². The molecule has 0 aliphatic carbocycles. The third-order valence-corrected chi connectivity index (χ3v) is 5.79. The van der Waals surface area contributed by atoms with E-state index in [9.17, 15) is 4.79 Å². The second-order valence-corrected chi connectivity index (χ2v) is 7.66. The van der Waals surface area contributed by atoms with E-state index in [1.54, 1.807) is 13.4 Å². The normalized spacial score (nSPS) is 17.6. The lowest BCUT2D eigenvalue weighted by Crippen LogP contribution is -2.42. The largest absolute Gasteiger partial charge is 0.497 e. The smallest absolute Gasteiger partial charge is 0.223 e. The molecule has 1 N–H and O–H groups in total. The minimum atomic E-state index is 0.0309. The van der Waals surface area contributed by atoms with Crippen LogP contribution in [0.15, 0.2) is 36.8 Å². The number of carbonyl (C=O) groups excluding carboxylic acids is 1. The predicted octanol–water partition coefficient (Wildman–Crippen LogP) is 1.85. The molecule has 0 radical (unpaired) electrons. The van der Waals surface area contributed by atoms with Gasteiger partial charge in [-0.1, -0.05) is 12.1 Å². The molecular formula is C22H29N5O3. The van der Waals surface area contributed by atoms with Gasteiger partial charge in [0.05, 0.1) is 32.2 Å². The van der Waals surface area contributed by atoms with Gasteiger partial charge in [0.15, 0.2) is 5.82 Å². The molecule has 1 amide bonds. The number of hydrogen-bond acceptors (Lipinski definition) is 7. The van der Waals surface area contributed by atoms with E-state index in [0.717, 1.165) is 75.1 Å². The lowest BCUT2D eigenvalue weighted by molar-refractivity contribution is -0.125. The van der Waals surface area contributed by atoms with Crippen molar-refractivity contribution in [1.29, 1.82) is 0 Å². The number of hydrogen-bond donors (Lipinski definition) is 1. The second kappa shape index (κ2) is 9.75. The van der Waals surface area contributed by atoms with Crippen LogP contribution in [0.4, 0.5) is 11.5 Å². The highest BCUT2D eigenvalue weighted by Crippen LogP contribution is 2.30. The summed E-state index contributed by atoms with van der Waals surface area (Å²) in [6, 6.07) is 7.78. The van der Waals surface area contributed by atoms with E-state index in [-0.39, 0.29) is 11.8 Å². The molecule has 2 saturated heterocycles. The van der Waals surface area contributed by atoms with Crippen molar-refractivity contribution in [1.82, 2.24) is 15.3 Å². The van der Waals surface area contributed by atoms with Crippen molar-refractivity contribution < 1.29 is 14.3 Å². The van der Waals surface area contributed by atoms with Gasteiger partial charge in [-0.3, -0.25) is 4.79 Å². The molecule has 2 aliphatic heterocycles. The van der Waals surface area contributed by atoms with Gasteiger partial charge in [0.2, 0.25) is 5.91 Å². The lowest BCUT2D eigenvalue weighted by Gasteiger charge is -2.36. The number of piperidine rings is 1. The van der Waals surface area contributed by atoms with Gasteiger partial charge in [-0.2, -0.15) is 0 Å². The van der Waals surface area contributed by atoms with E-state index in [4.69, 9.17) is 9.47 Å². The fourth-order valence-electron chi connectivity index (χ4n) is 4.06. The molecule has 3 heterocycles. The van der Waals surface area contributed by atoms with Gasteiger partial charge in [0, 0.05) is 38.6 Å². The Morgan fingerprint density at radius 3 is 2.77 bits per heavy atom. The number of benzene rings is 1. The Hall–Kier alpha value is -2.87. The van der Waals surface area contributed by atoms with Crippen LogP contribution in [0, 0.1) is 5.92 Å². The van der Waals surface area contributed by atoms with Gasteiger partial charge in [-0.15, -0.1) is 0 Å². The summed E-state index contributed by atoms with van der Waals surface area (Å²) in [5.41, 5.74) is 2.09. The summed E-state index contributed by atoms with van der Waals surface area (Å²) in [6.45, 7) is 5.28. The van der Waals surface area contributed by atoms with Crippen LogP contribution >= 0.6 is 0 Å². The summed E-state index contributed by atoms with van der Waals surface area (Å²) in [5, 5.41) is 3.08. The summed E-state index contributed by atoms with van der Waals surface area (Å²) in [7, 11) is 1.65. The molecule has 0 spiro atoms. The van der Waals surface area contributed by atoms with Gasteiger partial charge in [-0.05, 0) is 30.5 Å². The first-order chi connectivity index (χ1) is 14.7. The standard InChI is InChI=1S/C22H29N5O3/c1-29-19-4-2-3-17(13-19)14-24-22(28)18-5-7-26(8-6-18)20-15-23-16-25-21(20)27-9-11-30-12-10-27/h2-4,13,15-16,18H,5-12,14H2,1H3,(H,24,28). The van der Waals surface area contributed by atoms with Crippen LogP contribution in [0.3, 0.4) is 0 Å². The molecule has 160 valence electrons. The third-order valence-electron chi connectivity index (χ3n) is 5.79. The summed E-state index contributed by atoms with van der Waals surface area (Å²) in [5.74, 6) is 1.92. The summed E-state index contributed by atoms with van der Waals surface area (Å²) >= 11 is 0. The zero-order valence-electron chi connectivity index (χ0n) is 17.4. The zero-order chi connectivity index (χ0) is 20.8. The van der Waals surface area contributed by atoms with Crippen molar-refractivity contribution in [3.8, 4) is 5.75 Å². The summed E-state index contributed by atoms with van der Waals surface area (Å²) in [4.78, 5) is 26.0. The number of methoxy groups -OCH3 is 1. The SMILES string of the molecule is COc1cccc(CNC(=O)C2CCN(c3cncnc3N3CCOCC3)CC2)c1. The lowest BCUT2D eigenvalue weighted by atomic mass is 9.95. The average molecular weight is 412 g/mol. The highest BCUT2D eigenvalue weighted by Gasteiger charge is 2.27. The van der Waals surface area contributed by atoms with Crippen LogP contribution in [0.25, 0.3) is 0 Å². The first kappa shape index (κ1) is 20.4. The van der Waals surface area contributed by atoms with Crippen LogP contribution in [0.2, 0.25) is 0 Å². The Labute approximate surface area is 177 Å². The molecule has 8 nitrogen and oxygen atoms in total. The van der Waals surface area contributed by atoms with E-state index in [2.05, 4.69) is 25.1 Å². The maximum atomic E-state index is 12.7. The maximum absolute atomic E-state index is 12.7. The zero-order valence-corrected chi connectivity index (χ0v) is 17.4. The maximum Gasteiger partial charge on any atom is 0.223 e. The number of nitrogens with zero attached hydrogens (tertiary/aromatic N) is 4. The highest BCUT2D eigenvalue weighted by molar-refractivity contribution is 5.79. The minimum absolute atomic E-state index is 0.0309. The molecule has 1 aromatic carbocycles. The topological polar surface area (TPSA) is 79.8 Å². The van der Waals surface area contributed by atoms with E-state index >= 15 is 0 Å². The average Bonchev–Trinajstić information content (AvgIpc) is 2.83. The van der Waals surface area contributed by atoms with E-state index in [1.807, 2.05) is 30.5 Å². The monoisotopic (exact) mass is 411 g/mol. The van der Waals surface area contributed by atoms with E-state index < -0.39 is 0 Å².